The summed E-state index contributed by atoms with van der Waals surface area (Å²) < 4.78 is 5.01. The predicted octanol–water partition coefficient (Wildman–Crippen LogP) is 1.14. The fourth-order valence-electron chi connectivity index (χ4n) is 1.08. The third-order valence-corrected chi connectivity index (χ3v) is 2.37. The monoisotopic (exact) mass is 167 g/mol. The van der Waals surface area contributed by atoms with Gasteiger partial charge in [0.25, 0.3) is 0 Å². The maximum absolute atomic E-state index is 5.59. The van der Waals surface area contributed by atoms with Gasteiger partial charge in [0.05, 0.1) is 6.04 Å². The van der Waals surface area contributed by atoms with Gasteiger partial charge in [-0.05, 0) is 19.8 Å². The Bertz CT molecular complexity index is 288. The van der Waals surface area contributed by atoms with Gasteiger partial charge in [0, 0.05) is 5.41 Å². The van der Waals surface area contributed by atoms with Crippen LogP contribution in [0.1, 0.15) is 44.4 Å². The molecule has 0 amide bonds. The lowest BCUT2D eigenvalue weighted by Crippen LogP contribution is -2.07. The summed E-state index contributed by atoms with van der Waals surface area (Å²) in [6, 6.07) is -0.159. The van der Waals surface area contributed by atoms with E-state index in [1.165, 1.54) is 0 Å². The quantitative estimate of drug-likeness (QED) is 0.717. The van der Waals surface area contributed by atoms with Crippen LogP contribution in [0.2, 0.25) is 0 Å². The van der Waals surface area contributed by atoms with Gasteiger partial charge in [-0.1, -0.05) is 12.1 Å². The molecule has 0 unspecified atom stereocenters. The van der Waals surface area contributed by atoms with Gasteiger partial charge in [-0.25, -0.2) is 0 Å². The lowest BCUT2D eigenvalue weighted by atomic mass is 10.1. The van der Waals surface area contributed by atoms with Crippen LogP contribution in [0.3, 0.4) is 0 Å². The molecule has 1 atom stereocenters. The molecule has 0 saturated heterocycles. The minimum absolute atomic E-state index is 0.159. The van der Waals surface area contributed by atoms with E-state index in [0.717, 1.165) is 18.7 Å². The Kier molecular flexibility index (Phi) is 1.48. The first-order valence-corrected chi connectivity index (χ1v) is 4.21. The highest BCUT2D eigenvalue weighted by atomic mass is 16.5. The second-order valence-electron chi connectivity index (χ2n) is 3.81. The van der Waals surface area contributed by atoms with Crippen LogP contribution in [0, 0.1) is 0 Å². The SMILES string of the molecule is C[C@H](N)c1nc(C2(C)CC2)no1. The minimum Gasteiger partial charge on any atom is -0.338 e. The molecule has 1 heterocycles. The molecule has 0 aromatic carbocycles. The molecule has 2 N–H and O–H groups in total. The van der Waals surface area contributed by atoms with Crippen molar-refractivity contribution in [3.63, 3.8) is 0 Å². The fourth-order valence-corrected chi connectivity index (χ4v) is 1.08. The molecule has 1 aliphatic carbocycles. The molecule has 0 aliphatic heterocycles. The van der Waals surface area contributed by atoms with E-state index in [2.05, 4.69) is 17.1 Å². The minimum atomic E-state index is -0.159. The van der Waals surface area contributed by atoms with Gasteiger partial charge in [0.15, 0.2) is 5.82 Å². The van der Waals surface area contributed by atoms with Crippen molar-refractivity contribution in [3.05, 3.63) is 11.7 Å². The van der Waals surface area contributed by atoms with Crippen LogP contribution in [0.15, 0.2) is 4.52 Å². The summed E-state index contributed by atoms with van der Waals surface area (Å²) in [7, 11) is 0. The summed E-state index contributed by atoms with van der Waals surface area (Å²) in [5, 5.41) is 3.91. The van der Waals surface area contributed by atoms with E-state index in [1.807, 2.05) is 6.92 Å². The molecule has 1 aliphatic rings. The summed E-state index contributed by atoms with van der Waals surface area (Å²) in [5.41, 5.74) is 5.77. The molecule has 1 aromatic heterocycles. The maximum atomic E-state index is 5.59. The van der Waals surface area contributed by atoms with Crippen LogP contribution in [0.4, 0.5) is 0 Å². The summed E-state index contributed by atoms with van der Waals surface area (Å²) in [4.78, 5) is 4.24. The molecule has 0 spiro atoms. The highest BCUT2D eigenvalue weighted by Gasteiger charge is 2.43. The van der Waals surface area contributed by atoms with E-state index in [-0.39, 0.29) is 11.5 Å². The zero-order chi connectivity index (χ0) is 8.77. The Morgan fingerprint density at radius 1 is 1.58 bits per heavy atom. The molecule has 4 heteroatoms. The standard InChI is InChI=1S/C8H13N3O/c1-5(9)6-10-7(11-12-6)8(2)3-4-8/h5H,3-4,9H2,1-2H3/t5-/m0/s1. The van der Waals surface area contributed by atoms with Crippen LogP contribution >= 0.6 is 0 Å². The number of nitrogens with two attached hydrogens (primary N) is 1. The molecule has 2 rings (SSSR count). The van der Waals surface area contributed by atoms with Crippen molar-refractivity contribution in [1.82, 2.24) is 10.1 Å². The van der Waals surface area contributed by atoms with Gasteiger partial charge in [-0.15, -0.1) is 0 Å². The van der Waals surface area contributed by atoms with E-state index in [1.54, 1.807) is 0 Å². The Hall–Kier alpha value is -0.900. The molecule has 0 bridgehead atoms. The smallest absolute Gasteiger partial charge is 0.243 e. The summed E-state index contributed by atoms with van der Waals surface area (Å²) in [5.74, 6) is 1.35. The zero-order valence-electron chi connectivity index (χ0n) is 7.37. The molecule has 0 radical (unpaired) electrons. The highest BCUT2D eigenvalue weighted by Crippen LogP contribution is 2.46. The van der Waals surface area contributed by atoms with Gasteiger partial charge in [0.2, 0.25) is 5.89 Å². The molecule has 1 saturated carbocycles. The summed E-state index contributed by atoms with van der Waals surface area (Å²) >= 11 is 0. The molecule has 1 fully saturated rings. The topological polar surface area (TPSA) is 64.9 Å². The average Bonchev–Trinajstić information content (AvgIpc) is 2.61. The lowest BCUT2D eigenvalue weighted by molar-refractivity contribution is 0.354. The fraction of sp³-hybridized carbons (Fsp3) is 0.750. The predicted molar refractivity (Wildman–Crippen MR) is 43.5 cm³/mol. The largest absolute Gasteiger partial charge is 0.338 e. The zero-order valence-corrected chi connectivity index (χ0v) is 7.37. The highest BCUT2D eigenvalue weighted by molar-refractivity contribution is 5.14. The molecule has 12 heavy (non-hydrogen) atoms. The van der Waals surface area contributed by atoms with Gasteiger partial charge >= 0.3 is 0 Å². The van der Waals surface area contributed by atoms with Crippen molar-refractivity contribution in [3.8, 4) is 0 Å². The number of hydrogen-bond acceptors (Lipinski definition) is 4. The number of aromatic nitrogens is 2. The third kappa shape index (κ3) is 1.12. The first-order valence-electron chi connectivity index (χ1n) is 4.21. The maximum Gasteiger partial charge on any atom is 0.243 e. The second-order valence-corrected chi connectivity index (χ2v) is 3.81. The second kappa shape index (κ2) is 2.29. The molecular weight excluding hydrogens is 154 g/mol. The van der Waals surface area contributed by atoms with Crippen LogP contribution in [0.5, 0.6) is 0 Å². The van der Waals surface area contributed by atoms with Crippen molar-refractivity contribution >= 4 is 0 Å². The van der Waals surface area contributed by atoms with Crippen molar-refractivity contribution in [1.29, 1.82) is 0 Å². The third-order valence-electron chi connectivity index (χ3n) is 2.37. The van der Waals surface area contributed by atoms with Gasteiger partial charge in [0.1, 0.15) is 0 Å². The van der Waals surface area contributed by atoms with Crippen LogP contribution in [0.25, 0.3) is 0 Å². The first-order chi connectivity index (χ1) is 5.62. The Morgan fingerprint density at radius 2 is 2.25 bits per heavy atom. The van der Waals surface area contributed by atoms with Crippen molar-refractivity contribution < 1.29 is 4.52 Å². The van der Waals surface area contributed by atoms with Crippen molar-refractivity contribution in [2.45, 2.75) is 38.1 Å². The van der Waals surface area contributed by atoms with E-state index in [9.17, 15) is 0 Å². The van der Waals surface area contributed by atoms with E-state index >= 15 is 0 Å². The summed E-state index contributed by atoms with van der Waals surface area (Å²) in [6.07, 6.45) is 2.32. The van der Waals surface area contributed by atoms with Crippen LogP contribution in [-0.4, -0.2) is 10.1 Å². The van der Waals surface area contributed by atoms with E-state index in [4.69, 9.17) is 10.3 Å². The molecule has 1 aromatic rings. The lowest BCUT2D eigenvalue weighted by Gasteiger charge is -1.97. The number of nitrogens with zero attached hydrogens (tertiary/aromatic N) is 2. The van der Waals surface area contributed by atoms with Gasteiger partial charge in [-0.2, -0.15) is 4.98 Å². The Morgan fingerprint density at radius 3 is 2.67 bits per heavy atom. The van der Waals surface area contributed by atoms with Gasteiger partial charge in [-0.3, -0.25) is 0 Å². The number of rotatable bonds is 2. The summed E-state index contributed by atoms with van der Waals surface area (Å²) in [6.45, 7) is 3.98. The number of hydrogen-bond donors (Lipinski definition) is 1. The Balaban J connectivity index is 2.25. The van der Waals surface area contributed by atoms with Crippen LogP contribution in [-0.2, 0) is 5.41 Å². The van der Waals surface area contributed by atoms with E-state index in [0.29, 0.717) is 5.89 Å². The van der Waals surface area contributed by atoms with Crippen molar-refractivity contribution in [2.24, 2.45) is 5.73 Å². The van der Waals surface area contributed by atoms with E-state index < -0.39 is 0 Å². The average molecular weight is 167 g/mol. The van der Waals surface area contributed by atoms with Crippen LogP contribution < -0.4 is 5.73 Å². The first kappa shape index (κ1) is 7.73. The molecule has 66 valence electrons. The van der Waals surface area contributed by atoms with Gasteiger partial charge < -0.3 is 10.3 Å². The molecule has 4 nitrogen and oxygen atoms in total. The molecular formula is C8H13N3O. The normalized spacial score (nSPS) is 22.2. The Labute approximate surface area is 71.1 Å². The van der Waals surface area contributed by atoms with Crippen molar-refractivity contribution in [2.75, 3.05) is 0 Å².